The molecule has 0 fully saturated rings. The molecule has 0 bridgehead atoms. The van der Waals surface area contributed by atoms with Crippen LogP contribution in [0.3, 0.4) is 0 Å². The van der Waals surface area contributed by atoms with E-state index in [-0.39, 0.29) is 29.0 Å². The van der Waals surface area contributed by atoms with Crippen LogP contribution in [0.4, 0.5) is 13.2 Å². The zero-order chi connectivity index (χ0) is 29.0. The summed E-state index contributed by atoms with van der Waals surface area (Å²) in [5.41, 5.74) is 2.75. The van der Waals surface area contributed by atoms with Crippen LogP contribution in [0.1, 0.15) is 51.3 Å². The molecule has 8 nitrogen and oxygen atoms in total. The fraction of sp³-hybridized carbons (Fsp3) is 0.379. The van der Waals surface area contributed by atoms with E-state index in [0.29, 0.717) is 37.9 Å². The van der Waals surface area contributed by atoms with Crippen LogP contribution in [-0.2, 0) is 32.7 Å². The molecule has 0 aliphatic heterocycles. The van der Waals surface area contributed by atoms with Crippen molar-refractivity contribution in [2.24, 2.45) is 7.05 Å². The van der Waals surface area contributed by atoms with E-state index in [1.54, 1.807) is 24.5 Å². The largest absolute Gasteiger partial charge is 0.491 e. The zero-order valence-corrected chi connectivity index (χ0v) is 23.3. The molecule has 0 N–H and O–H groups in total. The van der Waals surface area contributed by atoms with Crippen molar-refractivity contribution in [1.82, 2.24) is 29.2 Å². The number of carbonyl (C=O) groups is 1. The third-order valence-corrected chi connectivity index (χ3v) is 6.46. The number of rotatable bonds is 11. The number of aryl methyl sites for hydroxylation is 4. The number of imidazole rings is 1. The number of nitrogens with zero attached hydrogens (tertiary/aromatic N) is 6. The number of hydrogen-bond acceptors (Lipinski definition) is 6. The van der Waals surface area contributed by atoms with Gasteiger partial charge in [0.1, 0.15) is 18.2 Å². The van der Waals surface area contributed by atoms with Crippen LogP contribution in [0.5, 0.6) is 5.75 Å². The third kappa shape index (κ3) is 6.77. The lowest BCUT2D eigenvalue weighted by Gasteiger charge is -2.20. The van der Waals surface area contributed by atoms with Crippen molar-refractivity contribution >= 4 is 6.29 Å². The van der Waals surface area contributed by atoms with Crippen LogP contribution in [0.2, 0.25) is 0 Å². The van der Waals surface area contributed by atoms with Gasteiger partial charge < -0.3 is 9.30 Å². The van der Waals surface area contributed by atoms with Gasteiger partial charge in [-0.1, -0.05) is 6.92 Å². The highest BCUT2D eigenvalue weighted by Gasteiger charge is 2.38. The number of hydrogen-bond donors (Lipinski definition) is 0. The van der Waals surface area contributed by atoms with Crippen molar-refractivity contribution < 1.29 is 22.7 Å². The van der Waals surface area contributed by atoms with Crippen molar-refractivity contribution in [3.05, 3.63) is 82.5 Å². The van der Waals surface area contributed by atoms with Crippen LogP contribution in [-0.4, -0.2) is 55.7 Å². The molecule has 0 atom stereocenters. The second kappa shape index (κ2) is 12.0. The predicted octanol–water partition coefficient (Wildman–Crippen LogP) is 5.25. The molecule has 1 aromatic carbocycles. The van der Waals surface area contributed by atoms with Gasteiger partial charge in [0, 0.05) is 68.5 Å². The Balaban J connectivity index is 1.66. The molecule has 0 saturated heterocycles. The molecule has 40 heavy (non-hydrogen) atoms. The van der Waals surface area contributed by atoms with Gasteiger partial charge in [-0.2, -0.15) is 18.3 Å². The summed E-state index contributed by atoms with van der Waals surface area (Å²) in [6.07, 6.45) is 1.39. The van der Waals surface area contributed by atoms with E-state index >= 15 is 0 Å². The molecule has 4 aromatic rings. The van der Waals surface area contributed by atoms with Gasteiger partial charge in [-0.15, -0.1) is 0 Å². The summed E-state index contributed by atoms with van der Waals surface area (Å²) in [4.78, 5) is 23.1. The molecule has 0 unspecified atom stereocenters. The smallest absolute Gasteiger partial charge is 0.435 e. The summed E-state index contributed by atoms with van der Waals surface area (Å²) >= 11 is 0. The van der Waals surface area contributed by atoms with E-state index in [2.05, 4.69) is 15.1 Å². The van der Waals surface area contributed by atoms with Crippen LogP contribution in [0.15, 0.2) is 42.9 Å². The number of aldehydes is 1. The lowest BCUT2D eigenvalue weighted by molar-refractivity contribution is -0.140. The van der Waals surface area contributed by atoms with Gasteiger partial charge in [0.2, 0.25) is 0 Å². The van der Waals surface area contributed by atoms with Crippen molar-refractivity contribution in [3.63, 3.8) is 0 Å². The quantitative estimate of drug-likeness (QED) is 0.236. The standard InChI is InChI=1S/C29H33F3N6O2/c1-6-26-33-7-8-38(26)15-21-13-22(18-39)27(24(14-21)25-17-37(5)35-28(25)29(30,31)32)40-10-9-36(4)16-23-12-19(2)11-20(3)34-23/h7-8,11-14,17-18H,6,9-10,15-16H2,1-5H3. The van der Waals surface area contributed by atoms with Crippen LogP contribution in [0.25, 0.3) is 11.1 Å². The Morgan fingerprint density at radius 1 is 1.12 bits per heavy atom. The normalized spacial score (nSPS) is 11.8. The average molecular weight is 555 g/mol. The minimum absolute atomic E-state index is 0.0940. The molecule has 0 spiro atoms. The SMILES string of the molecule is CCc1nccn1Cc1cc(C=O)c(OCCN(C)Cc2cc(C)cc(C)n2)c(-c2cn(C)nc2C(F)(F)F)c1. The maximum absolute atomic E-state index is 14.0. The molecule has 0 amide bonds. The number of carbonyl (C=O) groups excluding carboxylic acids is 1. The monoisotopic (exact) mass is 554 g/mol. The highest BCUT2D eigenvalue weighted by atomic mass is 19.4. The van der Waals surface area contributed by atoms with Crippen molar-refractivity contribution in [1.29, 1.82) is 0 Å². The van der Waals surface area contributed by atoms with E-state index < -0.39 is 11.9 Å². The molecule has 11 heteroatoms. The minimum atomic E-state index is -4.69. The summed E-state index contributed by atoms with van der Waals surface area (Å²) in [5, 5.41) is 3.67. The van der Waals surface area contributed by atoms with Crippen molar-refractivity contribution in [3.8, 4) is 16.9 Å². The summed E-state index contributed by atoms with van der Waals surface area (Å²) < 4.78 is 51.0. The molecule has 3 heterocycles. The molecule has 0 aliphatic carbocycles. The third-order valence-electron chi connectivity index (χ3n) is 6.46. The zero-order valence-electron chi connectivity index (χ0n) is 23.3. The Labute approximate surface area is 231 Å². The Hall–Kier alpha value is -3.99. The van der Waals surface area contributed by atoms with Gasteiger partial charge >= 0.3 is 6.18 Å². The van der Waals surface area contributed by atoms with Crippen molar-refractivity contribution in [2.45, 2.75) is 46.5 Å². The second-order valence-electron chi connectivity index (χ2n) is 9.93. The predicted molar refractivity (Wildman–Crippen MR) is 145 cm³/mol. The maximum Gasteiger partial charge on any atom is 0.435 e. The van der Waals surface area contributed by atoms with Gasteiger partial charge in [-0.25, -0.2) is 4.98 Å². The van der Waals surface area contributed by atoms with E-state index in [0.717, 1.165) is 27.5 Å². The first-order valence-electron chi connectivity index (χ1n) is 13.0. The summed E-state index contributed by atoms with van der Waals surface area (Å²) in [6, 6.07) is 7.30. The molecule has 0 radical (unpaired) electrons. The van der Waals surface area contributed by atoms with E-state index in [9.17, 15) is 18.0 Å². The lowest BCUT2D eigenvalue weighted by atomic mass is 9.98. The van der Waals surface area contributed by atoms with Crippen LogP contribution in [0, 0.1) is 13.8 Å². The molecule has 212 valence electrons. The molecule has 4 rings (SSSR count). The topological polar surface area (TPSA) is 78.1 Å². The highest BCUT2D eigenvalue weighted by molar-refractivity contribution is 5.87. The van der Waals surface area contributed by atoms with Gasteiger partial charge in [0.25, 0.3) is 0 Å². The molecular formula is C29H33F3N6O2. The Kier molecular flexibility index (Phi) is 8.73. The fourth-order valence-corrected chi connectivity index (χ4v) is 4.81. The number of ether oxygens (including phenoxy) is 1. The number of aromatic nitrogens is 5. The van der Waals surface area contributed by atoms with Gasteiger partial charge in [0.05, 0.1) is 11.3 Å². The lowest BCUT2D eigenvalue weighted by Crippen LogP contribution is -2.25. The maximum atomic E-state index is 14.0. The number of likely N-dealkylation sites (N-methyl/N-ethyl adjacent to an activating group) is 1. The molecule has 0 aliphatic rings. The molecule has 0 saturated carbocycles. The van der Waals surface area contributed by atoms with Crippen LogP contribution < -0.4 is 4.74 Å². The van der Waals surface area contributed by atoms with Gasteiger partial charge in [0.15, 0.2) is 12.0 Å². The number of alkyl halides is 3. The average Bonchev–Trinajstić information content (AvgIpc) is 3.49. The molecule has 3 aromatic heterocycles. The number of halogens is 3. The summed E-state index contributed by atoms with van der Waals surface area (Å²) in [5.74, 6) is 0.921. The Morgan fingerprint density at radius 2 is 1.90 bits per heavy atom. The Morgan fingerprint density at radius 3 is 2.58 bits per heavy atom. The summed E-state index contributed by atoms with van der Waals surface area (Å²) in [7, 11) is 3.34. The molecular weight excluding hydrogens is 521 g/mol. The Bertz CT molecular complexity index is 1470. The first kappa shape index (κ1) is 29.0. The second-order valence-corrected chi connectivity index (χ2v) is 9.93. The number of benzene rings is 1. The first-order valence-corrected chi connectivity index (χ1v) is 13.0. The summed E-state index contributed by atoms with van der Waals surface area (Å²) in [6.45, 7) is 7.44. The van der Waals surface area contributed by atoms with Gasteiger partial charge in [-0.05, 0) is 56.3 Å². The number of pyridine rings is 1. The van der Waals surface area contributed by atoms with E-state index in [1.165, 1.54) is 13.2 Å². The fourth-order valence-electron chi connectivity index (χ4n) is 4.81. The first-order chi connectivity index (χ1) is 19.0. The van der Waals surface area contributed by atoms with Gasteiger partial charge in [-0.3, -0.25) is 19.4 Å². The van der Waals surface area contributed by atoms with Crippen molar-refractivity contribution in [2.75, 3.05) is 20.2 Å². The van der Waals surface area contributed by atoms with E-state index in [1.807, 2.05) is 49.4 Å². The van der Waals surface area contributed by atoms with E-state index in [4.69, 9.17) is 4.74 Å². The highest BCUT2D eigenvalue weighted by Crippen LogP contribution is 2.41. The minimum Gasteiger partial charge on any atom is -0.491 e. The van der Waals surface area contributed by atoms with Crippen LogP contribution >= 0.6 is 0 Å².